The summed E-state index contributed by atoms with van der Waals surface area (Å²) in [5, 5.41) is 4.05. The quantitative estimate of drug-likeness (QED) is 0.789. The lowest BCUT2D eigenvalue weighted by Gasteiger charge is -2.15. The van der Waals surface area contributed by atoms with Crippen molar-refractivity contribution in [3.8, 4) is 5.75 Å². The smallest absolute Gasteiger partial charge is 0.254 e. The monoisotopic (exact) mass is 273 g/mol. The number of anilines is 1. The van der Waals surface area contributed by atoms with E-state index in [9.17, 15) is 4.39 Å². The zero-order valence-corrected chi connectivity index (χ0v) is 10.7. The highest BCUT2D eigenvalue weighted by Gasteiger charge is 2.15. The number of para-hydroxylation sites is 1. The van der Waals surface area contributed by atoms with Crippen LogP contribution in [-0.2, 0) is 0 Å². The molecule has 0 aliphatic carbocycles. The number of benzene rings is 1. The van der Waals surface area contributed by atoms with Crippen LogP contribution in [0.4, 0.5) is 10.3 Å². The molecule has 0 saturated carbocycles. The molecule has 0 bridgehead atoms. The van der Waals surface area contributed by atoms with Gasteiger partial charge < -0.3 is 10.5 Å². The minimum absolute atomic E-state index is 0.128. The molecule has 2 aromatic heterocycles. The third-order valence-electron chi connectivity index (χ3n) is 2.84. The van der Waals surface area contributed by atoms with E-state index in [1.807, 2.05) is 0 Å². The summed E-state index contributed by atoms with van der Waals surface area (Å²) in [5.41, 5.74) is 6.24. The zero-order valence-electron chi connectivity index (χ0n) is 10.7. The first-order chi connectivity index (χ1) is 9.65. The highest BCUT2D eigenvalue weighted by atomic mass is 19.1. The number of aromatic nitrogens is 4. The van der Waals surface area contributed by atoms with Crippen LogP contribution >= 0.6 is 0 Å². The minimum Gasteiger partial charge on any atom is -0.481 e. The number of nitrogens with zero attached hydrogens (tertiary/aromatic N) is 4. The van der Waals surface area contributed by atoms with E-state index in [0.717, 1.165) is 0 Å². The van der Waals surface area contributed by atoms with Gasteiger partial charge in [0, 0.05) is 6.20 Å². The normalized spacial score (nSPS) is 12.5. The van der Waals surface area contributed by atoms with Gasteiger partial charge in [-0.25, -0.2) is 9.37 Å². The summed E-state index contributed by atoms with van der Waals surface area (Å²) in [7, 11) is 0. The molecule has 102 valence electrons. The maximum Gasteiger partial charge on any atom is 0.254 e. The average molecular weight is 273 g/mol. The Morgan fingerprint density at radius 1 is 1.30 bits per heavy atom. The molecule has 0 radical (unpaired) electrons. The Kier molecular flexibility index (Phi) is 2.94. The molecule has 1 aromatic carbocycles. The van der Waals surface area contributed by atoms with Gasteiger partial charge in [0.1, 0.15) is 6.10 Å². The molecule has 6 nitrogen and oxygen atoms in total. The van der Waals surface area contributed by atoms with Crippen molar-refractivity contribution in [3.05, 3.63) is 48.0 Å². The Morgan fingerprint density at radius 3 is 2.90 bits per heavy atom. The van der Waals surface area contributed by atoms with Gasteiger partial charge in [-0.3, -0.25) is 0 Å². The highest BCUT2D eigenvalue weighted by molar-refractivity contribution is 5.35. The van der Waals surface area contributed by atoms with E-state index >= 15 is 0 Å². The number of hydrogen-bond acceptors (Lipinski definition) is 5. The summed E-state index contributed by atoms with van der Waals surface area (Å²) < 4.78 is 20.7. The molecule has 3 aromatic rings. The molecule has 0 saturated heterocycles. The lowest BCUT2D eigenvalue weighted by atomic mass is 10.2. The van der Waals surface area contributed by atoms with Crippen LogP contribution < -0.4 is 10.5 Å². The Bertz CT molecular complexity index is 757. The van der Waals surface area contributed by atoms with Gasteiger partial charge in [0.15, 0.2) is 11.6 Å². The lowest BCUT2D eigenvalue weighted by molar-refractivity contribution is 0.209. The first kappa shape index (κ1) is 12.3. The summed E-state index contributed by atoms with van der Waals surface area (Å²) in [4.78, 5) is 8.02. The Balaban J connectivity index is 1.97. The molecule has 1 atom stereocenters. The predicted octanol–water partition coefficient (Wildman–Crippen LogP) is 1.99. The molecule has 7 heteroatoms. The van der Waals surface area contributed by atoms with E-state index in [0.29, 0.717) is 11.5 Å². The van der Waals surface area contributed by atoms with Gasteiger partial charge in [0.25, 0.3) is 5.78 Å². The van der Waals surface area contributed by atoms with Gasteiger partial charge >= 0.3 is 0 Å². The van der Waals surface area contributed by atoms with Crippen LogP contribution in [0, 0.1) is 5.82 Å². The predicted molar refractivity (Wildman–Crippen MR) is 70.6 cm³/mol. The lowest BCUT2D eigenvalue weighted by Crippen LogP contribution is -2.10. The van der Waals surface area contributed by atoms with Gasteiger partial charge in [-0.1, -0.05) is 12.1 Å². The topological polar surface area (TPSA) is 78.3 Å². The molecular formula is C13H12FN5O. The zero-order chi connectivity index (χ0) is 14.1. The van der Waals surface area contributed by atoms with E-state index in [4.69, 9.17) is 10.5 Å². The van der Waals surface area contributed by atoms with Crippen molar-refractivity contribution in [2.75, 3.05) is 5.73 Å². The van der Waals surface area contributed by atoms with E-state index in [1.54, 1.807) is 37.4 Å². The molecule has 2 N–H and O–H groups in total. The van der Waals surface area contributed by atoms with E-state index in [2.05, 4.69) is 15.1 Å². The summed E-state index contributed by atoms with van der Waals surface area (Å²) in [5.74, 6) is 0.271. The maximum atomic E-state index is 13.6. The van der Waals surface area contributed by atoms with Gasteiger partial charge in [-0.2, -0.15) is 9.50 Å². The van der Waals surface area contributed by atoms with Gasteiger partial charge in [-0.15, -0.1) is 5.10 Å². The Hall–Kier alpha value is -2.70. The number of hydrogen-bond donors (Lipinski definition) is 1. The van der Waals surface area contributed by atoms with Crippen molar-refractivity contribution in [2.24, 2.45) is 0 Å². The average Bonchev–Trinajstić information content (AvgIpc) is 2.81. The van der Waals surface area contributed by atoms with E-state index in [1.165, 1.54) is 10.6 Å². The molecule has 0 spiro atoms. The van der Waals surface area contributed by atoms with Crippen molar-refractivity contribution < 1.29 is 9.13 Å². The van der Waals surface area contributed by atoms with Crippen molar-refractivity contribution in [2.45, 2.75) is 13.0 Å². The molecule has 0 unspecified atom stereocenters. The number of halogens is 1. The number of rotatable bonds is 3. The first-order valence-electron chi connectivity index (χ1n) is 6.03. The fraction of sp³-hybridized carbons (Fsp3) is 0.154. The fourth-order valence-electron chi connectivity index (χ4n) is 1.93. The SMILES string of the molecule is C[C@@H](Oc1ccccc1F)c1ccnc2nc(N)nn12. The van der Waals surface area contributed by atoms with Crippen LogP contribution in [0.25, 0.3) is 5.78 Å². The largest absolute Gasteiger partial charge is 0.481 e. The summed E-state index contributed by atoms with van der Waals surface area (Å²) in [6.07, 6.45) is 1.15. The fourth-order valence-corrected chi connectivity index (χ4v) is 1.93. The van der Waals surface area contributed by atoms with Gasteiger partial charge in [0.2, 0.25) is 5.95 Å². The van der Waals surface area contributed by atoms with Crippen LogP contribution in [0.2, 0.25) is 0 Å². The van der Waals surface area contributed by atoms with Crippen molar-refractivity contribution >= 4 is 11.7 Å². The molecule has 0 amide bonds. The molecule has 0 fully saturated rings. The molecule has 3 rings (SSSR count). The minimum atomic E-state index is -0.432. The number of nitrogens with two attached hydrogens (primary N) is 1. The number of nitrogen functional groups attached to an aromatic ring is 1. The van der Waals surface area contributed by atoms with Crippen molar-refractivity contribution in [1.82, 2.24) is 19.6 Å². The Labute approximate surface area is 114 Å². The first-order valence-corrected chi connectivity index (χ1v) is 6.03. The summed E-state index contributed by atoms with van der Waals surface area (Å²) in [6, 6.07) is 7.96. The van der Waals surface area contributed by atoms with Crippen LogP contribution in [0.3, 0.4) is 0 Å². The number of ether oxygens (including phenoxy) is 1. The second-order valence-electron chi connectivity index (χ2n) is 4.24. The molecule has 0 aliphatic rings. The summed E-state index contributed by atoms with van der Waals surface area (Å²) in [6.45, 7) is 1.79. The van der Waals surface area contributed by atoms with Gasteiger partial charge in [-0.05, 0) is 25.1 Å². The molecule has 0 aliphatic heterocycles. The maximum absolute atomic E-state index is 13.6. The second kappa shape index (κ2) is 4.76. The Morgan fingerprint density at radius 2 is 2.10 bits per heavy atom. The summed E-state index contributed by atoms with van der Waals surface area (Å²) >= 11 is 0. The third-order valence-corrected chi connectivity index (χ3v) is 2.84. The van der Waals surface area contributed by atoms with Crippen LogP contribution in [-0.4, -0.2) is 19.6 Å². The van der Waals surface area contributed by atoms with Crippen LogP contribution in [0.5, 0.6) is 5.75 Å². The molecule has 20 heavy (non-hydrogen) atoms. The van der Waals surface area contributed by atoms with Gasteiger partial charge in [0.05, 0.1) is 5.69 Å². The second-order valence-corrected chi connectivity index (χ2v) is 4.24. The van der Waals surface area contributed by atoms with Crippen molar-refractivity contribution in [1.29, 1.82) is 0 Å². The molecule has 2 heterocycles. The van der Waals surface area contributed by atoms with Crippen LogP contribution in [0.1, 0.15) is 18.7 Å². The standard InChI is InChI=1S/C13H12FN5O/c1-8(20-11-5-3-2-4-9(11)14)10-6-7-16-13-17-12(15)18-19(10)13/h2-8H,1H3,(H2,15,18)/t8-/m1/s1. The van der Waals surface area contributed by atoms with Crippen molar-refractivity contribution in [3.63, 3.8) is 0 Å². The number of fused-ring (bicyclic) bond motifs is 1. The highest BCUT2D eigenvalue weighted by Crippen LogP contribution is 2.23. The molecular weight excluding hydrogens is 261 g/mol. The van der Waals surface area contributed by atoms with E-state index in [-0.39, 0.29) is 11.7 Å². The van der Waals surface area contributed by atoms with Crippen LogP contribution in [0.15, 0.2) is 36.5 Å². The van der Waals surface area contributed by atoms with E-state index < -0.39 is 11.9 Å². The third kappa shape index (κ3) is 2.13.